The Hall–Kier alpha value is -3.65. The summed E-state index contributed by atoms with van der Waals surface area (Å²) >= 11 is 0. The van der Waals surface area contributed by atoms with Crippen LogP contribution in [0, 0.1) is 13.8 Å². The molecule has 8 heteroatoms. The van der Waals surface area contributed by atoms with Crippen molar-refractivity contribution < 1.29 is 14.6 Å². The first-order chi connectivity index (χ1) is 14.9. The molecule has 8 nitrogen and oxygen atoms in total. The molecule has 1 aliphatic rings. The summed E-state index contributed by atoms with van der Waals surface area (Å²) in [5.74, 6) is -0.287. The van der Waals surface area contributed by atoms with Gasteiger partial charge in [-0.3, -0.25) is 4.68 Å². The minimum Gasteiger partial charge on any atom is -0.478 e. The Kier molecular flexibility index (Phi) is 5.48. The topological polar surface area (TPSA) is 94.2 Å². The number of methoxy groups -OCH3 is 1. The summed E-state index contributed by atoms with van der Waals surface area (Å²) < 4.78 is 8.90. The maximum Gasteiger partial charge on any atom is 0.333 e. The molecule has 31 heavy (non-hydrogen) atoms. The van der Waals surface area contributed by atoms with E-state index in [9.17, 15) is 9.90 Å². The molecular formula is C23H25N5O3. The van der Waals surface area contributed by atoms with Crippen LogP contribution in [0.1, 0.15) is 17.7 Å². The van der Waals surface area contributed by atoms with Crippen LogP contribution in [-0.4, -0.2) is 43.9 Å². The number of benzene rings is 1. The number of carboxylic acid groups (broad SMARTS) is 1. The number of allylic oxidation sites excluding steroid dienone is 1. The smallest absolute Gasteiger partial charge is 0.333 e. The molecule has 160 valence electrons. The number of aryl methyl sites for hydroxylation is 3. The summed E-state index contributed by atoms with van der Waals surface area (Å²) in [6.07, 6.45) is 7.34. The maximum absolute atomic E-state index is 12.0. The Morgan fingerprint density at radius 2 is 2.06 bits per heavy atom. The third kappa shape index (κ3) is 3.89. The molecule has 0 aliphatic heterocycles. The van der Waals surface area contributed by atoms with Crippen molar-refractivity contribution in [3.05, 3.63) is 71.3 Å². The molecule has 0 fully saturated rings. The number of anilines is 1. The molecule has 3 aromatic rings. The van der Waals surface area contributed by atoms with Crippen molar-refractivity contribution in [1.29, 1.82) is 0 Å². The van der Waals surface area contributed by atoms with Gasteiger partial charge in [0.25, 0.3) is 0 Å². The van der Waals surface area contributed by atoms with Crippen molar-refractivity contribution in [3.63, 3.8) is 0 Å². The first-order valence-corrected chi connectivity index (χ1v) is 9.98. The quantitative estimate of drug-likeness (QED) is 0.634. The molecule has 1 unspecified atom stereocenters. The van der Waals surface area contributed by atoms with E-state index in [1.54, 1.807) is 24.1 Å². The van der Waals surface area contributed by atoms with Crippen LogP contribution < -0.4 is 5.32 Å². The van der Waals surface area contributed by atoms with Crippen molar-refractivity contribution >= 4 is 11.8 Å². The van der Waals surface area contributed by atoms with Crippen molar-refractivity contribution in [2.45, 2.75) is 26.4 Å². The highest BCUT2D eigenvalue weighted by molar-refractivity contribution is 5.90. The Bertz CT molecular complexity index is 1200. The highest BCUT2D eigenvalue weighted by Crippen LogP contribution is 2.36. The Labute approximate surface area is 180 Å². The number of carboxylic acids is 1. The van der Waals surface area contributed by atoms with Gasteiger partial charge in [-0.1, -0.05) is 24.3 Å². The Balaban J connectivity index is 1.90. The van der Waals surface area contributed by atoms with Gasteiger partial charge in [-0.05, 0) is 31.6 Å². The second-order valence-corrected chi connectivity index (χ2v) is 7.57. The van der Waals surface area contributed by atoms with Crippen LogP contribution >= 0.6 is 0 Å². The lowest BCUT2D eigenvalue weighted by Crippen LogP contribution is -2.21. The number of hydrogen-bond acceptors (Lipinski definition) is 5. The lowest BCUT2D eigenvalue weighted by Gasteiger charge is -2.21. The summed E-state index contributed by atoms with van der Waals surface area (Å²) in [5.41, 5.74) is 5.32. The molecule has 4 rings (SSSR count). The van der Waals surface area contributed by atoms with E-state index in [0.29, 0.717) is 11.5 Å². The van der Waals surface area contributed by atoms with Gasteiger partial charge in [0, 0.05) is 38.0 Å². The minimum absolute atomic E-state index is 0.265. The third-order valence-corrected chi connectivity index (χ3v) is 5.42. The summed E-state index contributed by atoms with van der Waals surface area (Å²) in [6, 6.07) is 7.94. The van der Waals surface area contributed by atoms with Crippen molar-refractivity contribution in [2.24, 2.45) is 7.05 Å². The highest BCUT2D eigenvalue weighted by Gasteiger charge is 2.25. The van der Waals surface area contributed by atoms with Crippen LogP contribution in [0.4, 0.5) is 5.82 Å². The van der Waals surface area contributed by atoms with E-state index < -0.39 is 5.97 Å². The predicted molar refractivity (Wildman–Crippen MR) is 118 cm³/mol. The highest BCUT2D eigenvalue weighted by atomic mass is 16.5. The van der Waals surface area contributed by atoms with E-state index in [2.05, 4.69) is 10.4 Å². The number of nitrogens with one attached hydrogen (secondary N) is 1. The first-order valence-electron chi connectivity index (χ1n) is 9.98. The standard InChI is InChI=1S/C23H25N5O3/c1-14-7-5-6-8-20(14)28-22(21(15(2)26-28)16-12-24-27(3)13-16)25-19-10-9-17(31-4)11-18(19)23(29)30/h5-10,12-13,17,25H,11H2,1-4H3,(H,29,30). The molecule has 1 atom stereocenters. The number of aromatic nitrogens is 4. The molecule has 0 radical (unpaired) electrons. The van der Waals surface area contributed by atoms with Crippen LogP contribution in [-0.2, 0) is 16.6 Å². The van der Waals surface area contributed by atoms with E-state index in [0.717, 1.165) is 28.1 Å². The van der Waals surface area contributed by atoms with Crippen LogP contribution in [0.5, 0.6) is 0 Å². The monoisotopic (exact) mass is 419 g/mol. The van der Waals surface area contributed by atoms with Gasteiger partial charge in [-0.15, -0.1) is 0 Å². The van der Waals surface area contributed by atoms with Gasteiger partial charge in [-0.2, -0.15) is 10.2 Å². The second kappa shape index (κ2) is 8.23. The molecule has 0 amide bonds. The number of aliphatic carboxylic acids is 1. The number of para-hydroxylation sites is 1. The Morgan fingerprint density at radius 3 is 2.71 bits per heavy atom. The van der Waals surface area contributed by atoms with E-state index in [1.807, 2.05) is 62.1 Å². The molecule has 2 heterocycles. The molecule has 2 aromatic heterocycles. The van der Waals surface area contributed by atoms with Gasteiger partial charge < -0.3 is 15.2 Å². The predicted octanol–water partition coefficient (Wildman–Crippen LogP) is 3.62. The number of nitrogens with zero attached hydrogens (tertiary/aromatic N) is 4. The SMILES string of the molecule is COC1C=CC(Nc2c(-c3cnn(C)c3)c(C)nn2-c2ccccc2C)=C(C(=O)O)C1. The van der Waals surface area contributed by atoms with Crippen molar-refractivity contribution in [2.75, 3.05) is 12.4 Å². The van der Waals surface area contributed by atoms with Crippen LogP contribution in [0.15, 0.2) is 60.1 Å². The molecular weight excluding hydrogens is 394 g/mol. The number of rotatable bonds is 6. The lowest BCUT2D eigenvalue weighted by molar-refractivity contribution is -0.133. The van der Waals surface area contributed by atoms with Gasteiger partial charge in [0.15, 0.2) is 0 Å². The molecule has 2 N–H and O–H groups in total. The fourth-order valence-electron chi connectivity index (χ4n) is 3.81. The number of ether oxygens (including phenoxy) is 1. The van der Waals surface area contributed by atoms with E-state index in [1.165, 1.54) is 0 Å². The zero-order valence-electron chi connectivity index (χ0n) is 18.0. The average Bonchev–Trinajstić information content (AvgIpc) is 3.31. The number of carbonyl (C=O) groups is 1. The van der Waals surface area contributed by atoms with Crippen LogP contribution in [0.3, 0.4) is 0 Å². The maximum atomic E-state index is 12.0. The summed E-state index contributed by atoms with van der Waals surface area (Å²) in [7, 11) is 3.43. The molecule has 0 saturated heterocycles. The van der Waals surface area contributed by atoms with Gasteiger partial charge in [0.05, 0.1) is 34.8 Å². The van der Waals surface area contributed by atoms with Crippen molar-refractivity contribution in [1.82, 2.24) is 19.6 Å². The fraction of sp³-hybridized carbons (Fsp3) is 0.261. The lowest BCUT2D eigenvalue weighted by atomic mass is 9.99. The van der Waals surface area contributed by atoms with Gasteiger partial charge in [0.1, 0.15) is 5.82 Å². The zero-order chi connectivity index (χ0) is 22.1. The zero-order valence-corrected chi connectivity index (χ0v) is 18.0. The summed E-state index contributed by atoms with van der Waals surface area (Å²) in [5, 5.41) is 22.3. The molecule has 0 bridgehead atoms. The van der Waals surface area contributed by atoms with Crippen LogP contribution in [0.2, 0.25) is 0 Å². The first kappa shape index (κ1) is 20.6. The minimum atomic E-state index is -0.976. The van der Waals surface area contributed by atoms with E-state index in [-0.39, 0.29) is 18.1 Å². The molecule has 1 aromatic carbocycles. The third-order valence-electron chi connectivity index (χ3n) is 5.42. The van der Waals surface area contributed by atoms with Gasteiger partial charge in [-0.25, -0.2) is 9.48 Å². The summed E-state index contributed by atoms with van der Waals surface area (Å²) in [6.45, 7) is 3.96. The molecule has 1 aliphatic carbocycles. The van der Waals surface area contributed by atoms with E-state index >= 15 is 0 Å². The normalized spacial score (nSPS) is 16.1. The van der Waals surface area contributed by atoms with Crippen molar-refractivity contribution in [3.8, 4) is 16.8 Å². The fourth-order valence-corrected chi connectivity index (χ4v) is 3.81. The average molecular weight is 419 g/mol. The molecule has 0 spiro atoms. The Morgan fingerprint density at radius 1 is 1.29 bits per heavy atom. The molecule has 0 saturated carbocycles. The van der Waals surface area contributed by atoms with Crippen LogP contribution in [0.25, 0.3) is 16.8 Å². The summed E-state index contributed by atoms with van der Waals surface area (Å²) in [4.78, 5) is 12.0. The van der Waals surface area contributed by atoms with Gasteiger partial charge in [0.2, 0.25) is 0 Å². The van der Waals surface area contributed by atoms with E-state index in [4.69, 9.17) is 9.84 Å². The largest absolute Gasteiger partial charge is 0.478 e. The number of hydrogen-bond donors (Lipinski definition) is 2. The van der Waals surface area contributed by atoms with Gasteiger partial charge >= 0.3 is 5.97 Å². The second-order valence-electron chi connectivity index (χ2n) is 7.57.